The minimum Gasteiger partial charge on any atom is -0.463 e. The van der Waals surface area contributed by atoms with Crippen LogP contribution < -0.4 is 5.32 Å². The van der Waals surface area contributed by atoms with Crippen LogP contribution in [-0.2, 0) is 19.9 Å². The fourth-order valence-corrected chi connectivity index (χ4v) is 1.91. The summed E-state index contributed by atoms with van der Waals surface area (Å²) in [6.45, 7) is 1.95. The van der Waals surface area contributed by atoms with Crippen molar-refractivity contribution in [2.75, 3.05) is 13.2 Å². The first-order valence-electron chi connectivity index (χ1n) is 5.48. The Labute approximate surface area is 109 Å². The SMILES string of the molecule is CCOC(=O)[C@@]1(c2ccc(Cl)cc2)CNC(=O)O1. The maximum absolute atomic E-state index is 12.0. The molecule has 2 rings (SSSR count). The van der Waals surface area contributed by atoms with Crippen LogP contribution in [0.15, 0.2) is 24.3 Å². The number of hydrogen-bond acceptors (Lipinski definition) is 4. The van der Waals surface area contributed by atoms with Gasteiger partial charge in [-0.3, -0.25) is 0 Å². The summed E-state index contributed by atoms with van der Waals surface area (Å²) in [5.41, 5.74) is -0.888. The van der Waals surface area contributed by atoms with E-state index in [1.807, 2.05) is 0 Å². The summed E-state index contributed by atoms with van der Waals surface area (Å²) in [7, 11) is 0. The predicted octanol–water partition coefficient (Wildman–Crippen LogP) is 1.84. The Kier molecular flexibility index (Phi) is 3.43. The Morgan fingerprint density at radius 2 is 2.17 bits per heavy atom. The monoisotopic (exact) mass is 269 g/mol. The van der Waals surface area contributed by atoms with Gasteiger partial charge >= 0.3 is 12.1 Å². The minimum absolute atomic E-state index is 0.0479. The van der Waals surface area contributed by atoms with Gasteiger partial charge in [0.1, 0.15) is 0 Å². The van der Waals surface area contributed by atoms with Crippen molar-refractivity contribution in [3.8, 4) is 0 Å². The summed E-state index contributed by atoms with van der Waals surface area (Å²) in [5, 5.41) is 3.00. The van der Waals surface area contributed by atoms with E-state index in [2.05, 4.69) is 5.32 Å². The van der Waals surface area contributed by atoms with Crippen molar-refractivity contribution in [1.82, 2.24) is 5.32 Å². The molecule has 1 aromatic carbocycles. The summed E-state index contributed by atoms with van der Waals surface area (Å²) < 4.78 is 10.1. The standard InChI is InChI=1S/C12H12ClNO4/c1-2-17-10(15)12(7-14-11(16)18-12)8-3-5-9(13)6-4-8/h3-6H,2,7H2,1H3,(H,14,16)/t12-/m0/s1. The van der Waals surface area contributed by atoms with Gasteiger partial charge in [-0.05, 0) is 19.1 Å². The molecule has 1 saturated heterocycles. The Hall–Kier alpha value is -1.75. The molecule has 0 saturated carbocycles. The lowest BCUT2D eigenvalue weighted by Crippen LogP contribution is -2.41. The molecule has 0 aliphatic carbocycles. The molecule has 0 bridgehead atoms. The van der Waals surface area contributed by atoms with Gasteiger partial charge in [-0.25, -0.2) is 9.59 Å². The summed E-state index contributed by atoms with van der Waals surface area (Å²) in [4.78, 5) is 23.3. The van der Waals surface area contributed by atoms with Crippen LogP contribution >= 0.6 is 11.6 Å². The second-order valence-electron chi connectivity index (χ2n) is 3.80. The van der Waals surface area contributed by atoms with Crippen LogP contribution in [0.3, 0.4) is 0 Å². The van der Waals surface area contributed by atoms with Gasteiger partial charge in [-0.1, -0.05) is 23.7 Å². The van der Waals surface area contributed by atoms with Gasteiger partial charge in [0.05, 0.1) is 13.2 Å². The van der Waals surface area contributed by atoms with Crippen molar-refractivity contribution < 1.29 is 19.1 Å². The lowest BCUT2D eigenvalue weighted by atomic mass is 9.94. The van der Waals surface area contributed by atoms with Gasteiger partial charge in [-0.2, -0.15) is 0 Å². The quantitative estimate of drug-likeness (QED) is 0.851. The molecule has 6 heteroatoms. The zero-order valence-corrected chi connectivity index (χ0v) is 10.5. The third-order valence-electron chi connectivity index (χ3n) is 2.66. The van der Waals surface area contributed by atoms with Crippen LogP contribution in [0.4, 0.5) is 4.79 Å². The largest absolute Gasteiger partial charge is 0.463 e. The van der Waals surface area contributed by atoms with E-state index in [1.165, 1.54) is 0 Å². The maximum atomic E-state index is 12.0. The fraction of sp³-hybridized carbons (Fsp3) is 0.333. The summed E-state index contributed by atoms with van der Waals surface area (Å²) in [5.74, 6) is -0.592. The molecule has 0 spiro atoms. The van der Waals surface area contributed by atoms with Gasteiger partial charge in [0, 0.05) is 10.6 Å². The number of ether oxygens (including phenoxy) is 2. The molecule has 0 unspecified atom stereocenters. The molecule has 1 fully saturated rings. The highest BCUT2D eigenvalue weighted by Gasteiger charge is 2.50. The molecule has 1 amide bonds. The van der Waals surface area contributed by atoms with Crippen molar-refractivity contribution in [2.45, 2.75) is 12.5 Å². The number of cyclic esters (lactones) is 1. The number of carbonyl (C=O) groups excluding carboxylic acids is 2. The Balaban J connectivity index is 2.39. The van der Waals surface area contributed by atoms with E-state index in [1.54, 1.807) is 31.2 Å². The first kappa shape index (κ1) is 12.7. The number of hydrogen-bond donors (Lipinski definition) is 1. The maximum Gasteiger partial charge on any atom is 0.408 e. The zero-order chi connectivity index (χ0) is 13.2. The fourth-order valence-electron chi connectivity index (χ4n) is 1.79. The Morgan fingerprint density at radius 1 is 1.50 bits per heavy atom. The number of benzene rings is 1. The number of alkyl carbamates (subject to hydrolysis) is 1. The first-order valence-corrected chi connectivity index (χ1v) is 5.86. The van der Waals surface area contributed by atoms with E-state index in [0.29, 0.717) is 10.6 Å². The molecule has 0 aromatic heterocycles. The van der Waals surface area contributed by atoms with Crippen LogP contribution in [0.5, 0.6) is 0 Å². The number of rotatable bonds is 3. The molecule has 18 heavy (non-hydrogen) atoms. The lowest BCUT2D eigenvalue weighted by Gasteiger charge is -2.24. The third kappa shape index (κ3) is 2.13. The van der Waals surface area contributed by atoms with Crippen molar-refractivity contribution in [1.29, 1.82) is 0 Å². The van der Waals surface area contributed by atoms with Gasteiger partial charge in [-0.15, -0.1) is 0 Å². The molecular weight excluding hydrogens is 258 g/mol. The van der Waals surface area contributed by atoms with Crippen molar-refractivity contribution in [3.05, 3.63) is 34.9 Å². The molecule has 1 aliphatic rings. The molecule has 1 aromatic rings. The molecule has 1 N–H and O–H groups in total. The van der Waals surface area contributed by atoms with Crippen LogP contribution in [-0.4, -0.2) is 25.2 Å². The first-order chi connectivity index (χ1) is 8.58. The van der Waals surface area contributed by atoms with E-state index in [4.69, 9.17) is 21.1 Å². The molecule has 1 heterocycles. The van der Waals surface area contributed by atoms with Gasteiger partial charge < -0.3 is 14.8 Å². The summed E-state index contributed by atoms with van der Waals surface area (Å²) >= 11 is 5.79. The van der Waals surface area contributed by atoms with E-state index in [-0.39, 0.29) is 13.2 Å². The van der Waals surface area contributed by atoms with Crippen LogP contribution in [0, 0.1) is 0 Å². The molecular formula is C12H12ClNO4. The van der Waals surface area contributed by atoms with E-state index in [9.17, 15) is 9.59 Å². The lowest BCUT2D eigenvalue weighted by molar-refractivity contribution is -0.162. The van der Waals surface area contributed by atoms with Crippen LogP contribution in [0.25, 0.3) is 0 Å². The average Bonchev–Trinajstić information content (AvgIpc) is 2.74. The molecule has 1 aliphatic heterocycles. The minimum atomic E-state index is -1.42. The molecule has 0 radical (unpaired) electrons. The third-order valence-corrected chi connectivity index (χ3v) is 2.92. The topological polar surface area (TPSA) is 64.6 Å². The van der Waals surface area contributed by atoms with Crippen LogP contribution in [0.1, 0.15) is 12.5 Å². The van der Waals surface area contributed by atoms with Crippen molar-refractivity contribution >= 4 is 23.7 Å². The van der Waals surface area contributed by atoms with Gasteiger partial charge in [0.2, 0.25) is 0 Å². The van der Waals surface area contributed by atoms with E-state index in [0.717, 1.165) is 0 Å². The smallest absolute Gasteiger partial charge is 0.408 e. The second-order valence-corrected chi connectivity index (χ2v) is 4.23. The Morgan fingerprint density at radius 3 is 2.67 bits per heavy atom. The van der Waals surface area contributed by atoms with Crippen molar-refractivity contribution in [3.63, 3.8) is 0 Å². The van der Waals surface area contributed by atoms with E-state index < -0.39 is 17.7 Å². The number of carbonyl (C=O) groups is 2. The number of esters is 1. The average molecular weight is 270 g/mol. The number of nitrogens with one attached hydrogen (secondary N) is 1. The van der Waals surface area contributed by atoms with Crippen LogP contribution in [0.2, 0.25) is 5.02 Å². The molecule has 5 nitrogen and oxygen atoms in total. The van der Waals surface area contributed by atoms with Gasteiger partial charge in [0.15, 0.2) is 0 Å². The predicted molar refractivity (Wildman–Crippen MR) is 64.2 cm³/mol. The summed E-state index contributed by atoms with van der Waals surface area (Å²) in [6.07, 6.45) is -0.641. The highest BCUT2D eigenvalue weighted by atomic mass is 35.5. The second kappa shape index (κ2) is 4.86. The zero-order valence-electron chi connectivity index (χ0n) is 9.73. The van der Waals surface area contributed by atoms with Gasteiger partial charge in [0.25, 0.3) is 5.60 Å². The highest BCUT2D eigenvalue weighted by molar-refractivity contribution is 6.30. The van der Waals surface area contributed by atoms with Crippen molar-refractivity contribution in [2.24, 2.45) is 0 Å². The molecule has 96 valence electrons. The highest BCUT2D eigenvalue weighted by Crippen LogP contribution is 2.31. The van der Waals surface area contributed by atoms with E-state index >= 15 is 0 Å². The normalized spacial score (nSPS) is 22.2. The number of amides is 1. The molecule has 1 atom stereocenters. The summed E-state index contributed by atoms with van der Waals surface area (Å²) in [6, 6.07) is 6.53. The number of halogens is 1. The Bertz CT molecular complexity index is 473.